The minimum absolute atomic E-state index is 0.00687. The molecule has 0 saturated carbocycles. The fourth-order valence-corrected chi connectivity index (χ4v) is 3.91. The molecule has 1 aromatic rings. The monoisotopic (exact) mass is 310 g/mol. The first-order chi connectivity index (χ1) is 9.81. The van der Waals surface area contributed by atoms with Crippen molar-refractivity contribution in [3.63, 3.8) is 0 Å². The molecule has 0 bridgehead atoms. The molecule has 4 nitrogen and oxygen atoms in total. The van der Waals surface area contributed by atoms with Crippen molar-refractivity contribution in [3.8, 4) is 0 Å². The van der Waals surface area contributed by atoms with Crippen LogP contribution in [0.25, 0.3) is 0 Å². The molecular formula is C16H26N2O2S. The van der Waals surface area contributed by atoms with Crippen LogP contribution >= 0.6 is 11.3 Å². The van der Waals surface area contributed by atoms with Crippen LogP contribution in [0.5, 0.6) is 0 Å². The quantitative estimate of drug-likeness (QED) is 0.908. The molecule has 1 aliphatic rings. The molecule has 118 valence electrons. The summed E-state index contributed by atoms with van der Waals surface area (Å²) in [6, 6.07) is 4.37. The molecule has 5 heteroatoms. The fraction of sp³-hybridized carbons (Fsp3) is 0.688. The lowest BCUT2D eigenvalue weighted by molar-refractivity contribution is 0.00360. The van der Waals surface area contributed by atoms with E-state index in [1.165, 1.54) is 4.88 Å². The standard InChI is InChI=1S/C16H26N2O2S/c1-5-13-12(14-7-6-8-21-14)9-11(17)10-18(13)15(19)20-16(2,3)4/h6-8,11-13H,5,9-10,17H2,1-4H3. The van der Waals surface area contributed by atoms with Gasteiger partial charge in [0.05, 0.1) is 0 Å². The third-order valence-corrected chi connectivity index (χ3v) is 4.81. The minimum atomic E-state index is -0.477. The largest absolute Gasteiger partial charge is 0.444 e. The van der Waals surface area contributed by atoms with Crippen LogP contribution in [0.15, 0.2) is 17.5 Å². The zero-order valence-corrected chi connectivity index (χ0v) is 14.2. The predicted molar refractivity (Wildman–Crippen MR) is 86.7 cm³/mol. The lowest BCUT2D eigenvalue weighted by atomic mass is 9.84. The Morgan fingerprint density at radius 2 is 2.24 bits per heavy atom. The third kappa shape index (κ3) is 3.98. The van der Waals surface area contributed by atoms with Crippen molar-refractivity contribution in [1.82, 2.24) is 4.90 Å². The second-order valence-electron chi connectivity index (χ2n) is 6.73. The molecule has 0 aromatic carbocycles. The number of hydrogen-bond acceptors (Lipinski definition) is 4. The van der Waals surface area contributed by atoms with Gasteiger partial charge < -0.3 is 15.4 Å². The zero-order chi connectivity index (χ0) is 15.6. The highest BCUT2D eigenvalue weighted by Gasteiger charge is 2.39. The van der Waals surface area contributed by atoms with E-state index in [4.69, 9.17) is 10.5 Å². The van der Waals surface area contributed by atoms with Crippen LogP contribution in [0.4, 0.5) is 4.79 Å². The number of rotatable bonds is 2. The maximum Gasteiger partial charge on any atom is 0.410 e. The van der Waals surface area contributed by atoms with Gasteiger partial charge in [-0.15, -0.1) is 11.3 Å². The van der Waals surface area contributed by atoms with Crippen molar-refractivity contribution in [3.05, 3.63) is 22.4 Å². The average Bonchev–Trinajstić information content (AvgIpc) is 2.89. The summed E-state index contributed by atoms with van der Waals surface area (Å²) in [4.78, 5) is 15.6. The summed E-state index contributed by atoms with van der Waals surface area (Å²) < 4.78 is 5.56. The molecule has 0 aliphatic carbocycles. The van der Waals surface area contributed by atoms with Crippen LogP contribution in [0, 0.1) is 0 Å². The number of nitrogens with two attached hydrogens (primary N) is 1. The van der Waals surface area contributed by atoms with Gasteiger partial charge in [0, 0.05) is 29.4 Å². The summed E-state index contributed by atoms with van der Waals surface area (Å²) in [5.74, 6) is 0.311. The number of hydrogen-bond donors (Lipinski definition) is 1. The van der Waals surface area contributed by atoms with Crippen molar-refractivity contribution in [2.75, 3.05) is 6.54 Å². The highest BCUT2D eigenvalue weighted by atomic mass is 32.1. The molecule has 3 atom stereocenters. The Hall–Kier alpha value is -1.07. The van der Waals surface area contributed by atoms with Crippen molar-refractivity contribution in [1.29, 1.82) is 0 Å². The van der Waals surface area contributed by atoms with Crippen LogP contribution in [0.2, 0.25) is 0 Å². The van der Waals surface area contributed by atoms with E-state index in [1.807, 2.05) is 25.7 Å². The Morgan fingerprint density at radius 3 is 2.76 bits per heavy atom. The Balaban J connectivity index is 2.21. The van der Waals surface area contributed by atoms with Gasteiger partial charge in [-0.1, -0.05) is 13.0 Å². The molecule has 1 fully saturated rings. The van der Waals surface area contributed by atoms with Crippen LogP contribution in [0.1, 0.15) is 51.3 Å². The topological polar surface area (TPSA) is 55.6 Å². The Kier molecular flexibility index (Phi) is 4.94. The lowest BCUT2D eigenvalue weighted by Crippen LogP contribution is -2.55. The van der Waals surface area contributed by atoms with Gasteiger partial charge in [-0.25, -0.2) is 4.79 Å². The number of carbonyl (C=O) groups excluding carboxylic acids is 1. The first-order valence-corrected chi connectivity index (χ1v) is 8.48. The van der Waals surface area contributed by atoms with Crippen LogP contribution in [-0.2, 0) is 4.74 Å². The normalized spacial score (nSPS) is 26.7. The van der Waals surface area contributed by atoms with E-state index in [2.05, 4.69) is 24.4 Å². The summed E-state index contributed by atoms with van der Waals surface area (Å²) in [6.07, 6.45) is 1.60. The van der Waals surface area contributed by atoms with E-state index < -0.39 is 5.60 Å². The highest BCUT2D eigenvalue weighted by Crippen LogP contribution is 2.36. The third-order valence-electron chi connectivity index (χ3n) is 3.81. The van der Waals surface area contributed by atoms with Gasteiger partial charge in [0.2, 0.25) is 0 Å². The number of likely N-dealkylation sites (tertiary alicyclic amines) is 1. The molecule has 21 heavy (non-hydrogen) atoms. The summed E-state index contributed by atoms with van der Waals surface area (Å²) >= 11 is 1.74. The maximum absolute atomic E-state index is 12.5. The average molecular weight is 310 g/mol. The van der Waals surface area contributed by atoms with Gasteiger partial charge in [0.15, 0.2) is 0 Å². The van der Waals surface area contributed by atoms with Crippen LogP contribution in [-0.4, -0.2) is 35.2 Å². The van der Waals surface area contributed by atoms with E-state index in [9.17, 15) is 4.79 Å². The van der Waals surface area contributed by atoms with Gasteiger partial charge in [-0.3, -0.25) is 0 Å². The minimum Gasteiger partial charge on any atom is -0.444 e. The smallest absolute Gasteiger partial charge is 0.410 e. The van der Waals surface area contributed by atoms with Gasteiger partial charge in [-0.2, -0.15) is 0 Å². The van der Waals surface area contributed by atoms with Gasteiger partial charge in [0.1, 0.15) is 5.60 Å². The van der Waals surface area contributed by atoms with E-state index >= 15 is 0 Å². The van der Waals surface area contributed by atoms with Gasteiger partial charge in [0.25, 0.3) is 0 Å². The summed E-state index contributed by atoms with van der Waals surface area (Å²) in [7, 11) is 0. The SMILES string of the molecule is CCC1C(c2cccs2)CC(N)CN1C(=O)OC(C)(C)C. The van der Waals surface area contributed by atoms with Gasteiger partial charge in [-0.05, 0) is 45.1 Å². The zero-order valence-electron chi connectivity index (χ0n) is 13.3. The molecule has 3 unspecified atom stereocenters. The van der Waals surface area contributed by atoms with Gasteiger partial charge >= 0.3 is 6.09 Å². The van der Waals surface area contributed by atoms with Crippen LogP contribution < -0.4 is 5.73 Å². The number of amides is 1. The molecule has 1 amide bonds. The molecule has 0 spiro atoms. The molecule has 1 aromatic heterocycles. The maximum atomic E-state index is 12.5. The number of nitrogens with zero attached hydrogens (tertiary/aromatic N) is 1. The molecule has 2 N–H and O–H groups in total. The number of carbonyl (C=O) groups is 1. The van der Waals surface area contributed by atoms with Crippen molar-refractivity contribution < 1.29 is 9.53 Å². The number of piperidine rings is 1. The molecule has 2 rings (SSSR count). The predicted octanol–water partition coefficient (Wildman–Crippen LogP) is 3.58. The second kappa shape index (κ2) is 6.36. The number of ether oxygens (including phenoxy) is 1. The Bertz CT molecular complexity index is 467. The first-order valence-electron chi connectivity index (χ1n) is 7.60. The Morgan fingerprint density at radius 1 is 1.52 bits per heavy atom. The highest BCUT2D eigenvalue weighted by molar-refractivity contribution is 7.10. The van der Waals surface area contributed by atoms with Crippen molar-refractivity contribution >= 4 is 17.4 Å². The van der Waals surface area contributed by atoms with Crippen molar-refractivity contribution in [2.24, 2.45) is 5.73 Å². The Labute approximate surface area is 131 Å². The van der Waals surface area contributed by atoms with Crippen LogP contribution in [0.3, 0.4) is 0 Å². The molecular weight excluding hydrogens is 284 g/mol. The summed E-state index contributed by atoms with van der Waals surface area (Å²) in [5.41, 5.74) is 5.72. The van der Waals surface area contributed by atoms with E-state index in [1.54, 1.807) is 11.3 Å². The summed E-state index contributed by atoms with van der Waals surface area (Å²) in [5, 5.41) is 2.08. The van der Waals surface area contributed by atoms with E-state index in [-0.39, 0.29) is 18.2 Å². The molecule has 1 saturated heterocycles. The summed E-state index contributed by atoms with van der Waals surface area (Å²) in [6.45, 7) is 8.39. The van der Waals surface area contributed by atoms with E-state index in [0.29, 0.717) is 12.5 Å². The lowest BCUT2D eigenvalue weighted by Gasteiger charge is -2.43. The molecule has 1 aliphatic heterocycles. The number of thiophene rings is 1. The fourth-order valence-electron chi connectivity index (χ4n) is 3.01. The van der Waals surface area contributed by atoms with E-state index in [0.717, 1.165) is 12.8 Å². The first kappa shape index (κ1) is 16.3. The molecule has 2 heterocycles. The second-order valence-corrected chi connectivity index (χ2v) is 7.71. The van der Waals surface area contributed by atoms with Crippen molar-refractivity contribution in [2.45, 2.75) is 64.1 Å². The molecule has 0 radical (unpaired) electrons.